The summed E-state index contributed by atoms with van der Waals surface area (Å²) in [4.78, 5) is 10.9. The number of carbonyl (C=O) groups is 1. The lowest BCUT2D eigenvalue weighted by molar-refractivity contribution is -0.120. The average Bonchev–Trinajstić information content (AvgIpc) is 2.17. The van der Waals surface area contributed by atoms with Crippen LogP contribution in [-0.2, 0) is 4.79 Å². The molecule has 0 aliphatic heterocycles. The van der Waals surface area contributed by atoms with Gasteiger partial charge in [-0.3, -0.25) is 4.79 Å². The van der Waals surface area contributed by atoms with Crippen LogP contribution in [0, 0.1) is 0 Å². The van der Waals surface area contributed by atoms with E-state index >= 15 is 0 Å². The Morgan fingerprint density at radius 3 is 2.80 bits per heavy atom. The van der Waals surface area contributed by atoms with Crippen molar-refractivity contribution in [2.45, 2.75) is 25.3 Å². The van der Waals surface area contributed by atoms with Gasteiger partial charge in [-0.15, -0.1) is 0 Å². The zero-order valence-corrected chi connectivity index (χ0v) is 8.47. The number of halogens is 2. The Bertz CT molecular complexity index is 305. The molecule has 0 radical (unpaired) electrons. The third kappa shape index (κ3) is 3.43. The molecule has 0 saturated carbocycles. The summed E-state index contributed by atoms with van der Waals surface area (Å²) in [5.74, 6) is -3.11. The van der Waals surface area contributed by atoms with E-state index in [1.165, 1.54) is 12.2 Å². The molecule has 1 aliphatic carbocycles. The molecule has 84 valence electrons. The van der Waals surface area contributed by atoms with Crippen molar-refractivity contribution in [1.82, 2.24) is 5.32 Å². The maximum atomic E-state index is 12.8. The number of amides is 1. The average molecular weight is 216 g/mol. The molecule has 1 amide bonds. The van der Waals surface area contributed by atoms with Gasteiger partial charge in [-0.25, -0.2) is 8.78 Å². The molecule has 1 atom stereocenters. The fourth-order valence-corrected chi connectivity index (χ4v) is 1.32. The first-order chi connectivity index (χ1) is 6.93. The predicted molar refractivity (Wildman–Crippen MR) is 53.4 cm³/mol. The van der Waals surface area contributed by atoms with E-state index in [0.29, 0.717) is 6.42 Å². The van der Waals surface area contributed by atoms with Gasteiger partial charge in [-0.2, -0.15) is 0 Å². The summed E-state index contributed by atoms with van der Waals surface area (Å²) in [5, 5.41) is 2.60. The van der Waals surface area contributed by atoms with E-state index in [4.69, 9.17) is 5.73 Å². The molecule has 0 spiro atoms. The van der Waals surface area contributed by atoms with Crippen LogP contribution < -0.4 is 11.1 Å². The number of hydrogen-bond donors (Lipinski definition) is 2. The molecule has 1 aliphatic rings. The van der Waals surface area contributed by atoms with Gasteiger partial charge in [0.25, 0.3) is 5.92 Å². The van der Waals surface area contributed by atoms with Crippen molar-refractivity contribution in [3.8, 4) is 0 Å². The third-order valence-electron chi connectivity index (χ3n) is 2.14. The molecule has 15 heavy (non-hydrogen) atoms. The van der Waals surface area contributed by atoms with Crippen LogP contribution in [0.5, 0.6) is 0 Å². The van der Waals surface area contributed by atoms with Crippen LogP contribution in [0.25, 0.3) is 0 Å². The zero-order valence-electron chi connectivity index (χ0n) is 8.47. The number of nitrogens with two attached hydrogens (primary N) is 1. The Balaban J connectivity index is 2.53. The van der Waals surface area contributed by atoms with Crippen molar-refractivity contribution in [2.75, 3.05) is 6.54 Å². The van der Waals surface area contributed by atoms with E-state index < -0.39 is 5.92 Å². The Morgan fingerprint density at radius 2 is 2.40 bits per heavy atom. The highest BCUT2D eigenvalue weighted by Gasteiger charge is 2.27. The summed E-state index contributed by atoms with van der Waals surface area (Å²) in [6.45, 7) is 0.757. The summed E-state index contributed by atoms with van der Waals surface area (Å²) in [5.41, 5.74) is 5.10. The van der Waals surface area contributed by atoms with E-state index in [-0.39, 0.29) is 24.1 Å². The molecule has 1 unspecified atom stereocenters. The Hall–Kier alpha value is -1.23. The van der Waals surface area contributed by atoms with Crippen LogP contribution in [0.15, 0.2) is 23.8 Å². The monoisotopic (exact) mass is 216 g/mol. The second-order valence-corrected chi connectivity index (χ2v) is 3.52. The van der Waals surface area contributed by atoms with Crippen LogP contribution in [0.3, 0.4) is 0 Å². The maximum absolute atomic E-state index is 12.8. The van der Waals surface area contributed by atoms with Crippen LogP contribution in [0.4, 0.5) is 8.78 Å². The van der Waals surface area contributed by atoms with Gasteiger partial charge in [0.1, 0.15) is 0 Å². The molecular weight excluding hydrogens is 202 g/mol. The summed E-state index contributed by atoms with van der Waals surface area (Å²) in [6.07, 6.45) is 4.70. The predicted octanol–water partition coefficient (Wildman–Crippen LogP) is 0.971. The number of carbonyl (C=O) groups excluding carboxylic acids is 1. The van der Waals surface area contributed by atoms with Gasteiger partial charge in [0.05, 0.1) is 12.6 Å². The van der Waals surface area contributed by atoms with Gasteiger partial charge in [0.2, 0.25) is 5.91 Å². The molecule has 0 aromatic rings. The number of allylic oxidation sites excluding steroid dienone is 2. The number of hydrogen-bond acceptors (Lipinski definition) is 2. The highest BCUT2D eigenvalue weighted by Crippen LogP contribution is 2.27. The van der Waals surface area contributed by atoms with Crippen molar-refractivity contribution >= 4 is 5.91 Å². The van der Waals surface area contributed by atoms with Crippen LogP contribution in [0.2, 0.25) is 0 Å². The van der Waals surface area contributed by atoms with Crippen LogP contribution in [0.1, 0.15) is 13.3 Å². The smallest absolute Gasteiger partial charge is 0.270 e. The van der Waals surface area contributed by atoms with Crippen LogP contribution in [-0.4, -0.2) is 24.4 Å². The van der Waals surface area contributed by atoms with Crippen molar-refractivity contribution in [2.24, 2.45) is 5.73 Å². The van der Waals surface area contributed by atoms with E-state index in [1.807, 2.05) is 0 Å². The summed E-state index contributed by atoms with van der Waals surface area (Å²) >= 11 is 0. The Morgan fingerprint density at radius 1 is 1.73 bits per heavy atom. The first-order valence-electron chi connectivity index (χ1n) is 4.69. The highest BCUT2D eigenvalue weighted by molar-refractivity contribution is 5.78. The third-order valence-corrected chi connectivity index (χ3v) is 2.14. The Labute approximate surface area is 87.0 Å². The molecule has 0 bridgehead atoms. The molecule has 3 nitrogen and oxygen atoms in total. The first-order valence-corrected chi connectivity index (χ1v) is 4.69. The molecule has 0 fully saturated rings. The van der Waals surface area contributed by atoms with Crippen molar-refractivity contribution in [3.05, 3.63) is 23.8 Å². The summed E-state index contributed by atoms with van der Waals surface area (Å²) in [7, 11) is 0. The zero-order chi connectivity index (χ0) is 11.5. The fourth-order valence-electron chi connectivity index (χ4n) is 1.32. The highest BCUT2D eigenvalue weighted by atomic mass is 19.3. The topological polar surface area (TPSA) is 55.1 Å². The van der Waals surface area contributed by atoms with Gasteiger partial charge < -0.3 is 11.1 Å². The molecule has 0 aromatic heterocycles. The summed E-state index contributed by atoms with van der Waals surface area (Å²) in [6, 6.07) is -0.229. The maximum Gasteiger partial charge on any atom is 0.270 e. The van der Waals surface area contributed by atoms with Gasteiger partial charge in [0, 0.05) is 12.5 Å². The fraction of sp³-hybridized carbons (Fsp3) is 0.500. The number of nitrogens with one attached hydrogen (secondary N) is 1. The standard InChI is InChI=1S/C10H14F2N2O/c1-10(11,12)7-2-4-8(5-3-7)14-9(15)6-13/h2-4,8H,5-6,13H2,1H3,(H,14,15). The lowest BCUT2D eigenvalue weighted by Crippen LogP contribution is -2.38. The lowest BCUT2D eigenvalue weighted by atomic mass is 9.99. The van der Waals surface area contributed by atoms with Crippen molar-refractivity contribution in [3.63, 3.8) is 0 Å². The molecule has 3 N–H and O–H groups in total. The molecule has 1 rings (SSSR count). The second-order valence-electron chi connectivity index (χ2n) is 3.52. The number of alkyl halides is 2. The second kappa shape index (κ2) is 4.53. The first kappa shape index (κ1) is 11.8. The van der Waals surface area contributed by atoms with Gasteiger partial charge in [-0.1, -0.05) is 18.2 Å². The van der Waals surface area contributed by atoms with E-state index in [9.17, 15) is 13.6 Å². The quantitative estimate of drug-likeness (QED) is 0.738. The minimum atomic E-state index is -2.82. The SMILES string of the molecule is CC(F)(F)C1=CCC(NC(=O)CN)C=C1. The van der Waals surface area contributed by atoms with Crippen molar-refractivity contribution < 1.29 is 13.6 Å². The van der Waals surface area contributed by atoms with E-state index in [1.54, 1.807) is 6.08 Å². The normalized spacial score (nSPS) is 21.1. The van der Waals surface area contributed by atoms with Gasteiger partial charge in [0.15, 0.2) is 0 Å². The number of rotatable bonds is 3. The largest absolute Gasteiger partial charge is 0.348 e. The van der Waals surface area contributed by atoms with Gasteiger partial charge >= 0.3 is 0 Å². The molecule has 5 heteroatoms. The van der Waals surface area contributed by atoms with E-state index in [0.717, 1.165) is 6.92 Å². The van der Waals surface area contributed by atoms with Crippen LogP contribution >= 0.6 is 0 Å². The Kier molecular flexibility index (Phi) is 3.57. The lowest BCUT2D eigenvalue weighted by Gasteiger charge is -2.20. The minimum absolute atomic E-state index is 0.0132. The molecular formula is C10H14F2N2O. The van der Waals surface area contributed by atoms with E-state index in [2.05, 4.69) is 5.32 Å². The minimum Gasteiger partial charge on any atom is -0.348 e. The summed E-state index contributed by atoms with van der Waals surface area (Å²) < 4.78 is 25.7. The van der Waals surface area contributed by atoms with Crippen molar-refractivity contribution in [1.29, 1.82) is 0 Å². The molecule has 0 heterocycles. The molecule has 0 aromatic carbocycles. The molecule has 0 saturated heterocycles. The van der Waals surface area contributed by atoms with Gasteiger partial charge in [-0.05, 0) is 6.42 Å².